The summed E-state index contributed by atoms with van der Waals surface area (Å²) >= 11 is 1.47. The van der Waals surface area contributed by atoms with Gasteiger partial charge in [0.05, 0.1) is 5.69 Å². The van der Waals surface area contributed by atoms with Crippen molar-refractivity contribution >= 4 is 17.2 Å². The fourth-order valence-corrected chi connectivity index (χ4v) is 2.96. The number of benzene rings is 1. The molecule has 0 atom stereocenters. The molecule has 0 saturated carbocycles. The Morgan fingerprint density at radius 1 is 1.30 bits per heavy atom. The lowest BCUT2D eigenvalue weighted by Gasteiger charge is -2.05. The Labute approximate surface area is 123 Å². The molecule has 1 aromatic carbocycles. The van der Waals surface area contributed by atoms with Crippen LogP contribution in [-0.4, -0.2) is 29.9 Å². The zero-order valence-corrected chi connectivity index (χ0v) is 12.8. The first kappa shape index (κ1) is 14.7. The van der Waals surface area contributed by atoms with Gasteiger partial charge in [0.15, 0.2) is 0 Å². The van der Waals surface area contributed by atoms with Gasteiger partial charge in [0.1, 0.15) is 9.88 Å². The lowest BCUT2D eigenvalue weighted by Crippen LogP contribution is -2.22. The van der Waals surface area contributed by atoms with Gasteiger partial charge in [-0.1, -0.05) is 30.3 Å². The standard InChI is InChI=1S/C15H19N3OS/c1-11-14(20-13(17-11)10-18(2)3)15(19)16-9-12-7-5-4-6-8-12/h4-8H,9-10H2,1-3H3,(H,16,19). The van der Waals surface area contributed by atoms with E-state index in [9.17, 15) is 4.79 Å². The second-order valence-corrected chi connectivity index (χ2v) is 6.01. The van der Waals surface area contributed by atoms with E-state index in [1.54, 1.807) is 0 Å². The summed E-state index contributed by atoms with van der Waals surface area (Å²) in [7, 11) is 3.98. The summed E-state index contributed by atoms with van der Waals surface area (Å²) in [5.41, 5.74) is 1.90. The number of rotatable bonds is 5. The summed E-state index contributed by atoms with van der Waals surface area (Å²) < 4.78 is 0. The summed E-state index contributed by atoms with van der Waals surface area (Å²) in [6.45, 7) is 3.19. The average Bonchev–Trinajstić information content (AvgIpc) is 2.77. The van der Waals surface area contributed by atoms with Gasteiger partial charge in [0.25, 0.3) is 5.91 Å². The Balaban J connectivity index is 2.00. The molecule has 0 unspecified atom stereocenters. The van der Waals surface area contributed by atoms with Gasteiger partial charge in [-0.25, -0.2) is 4.98 Å². The van der Waals surface area contributed by atoms with Crippen molar-refractivity contribution in [3.05, 3.63) is 51.5 Å². The summed E-state index contributed by atoms with van der Waals surface area (Å²) in [6, 6.07) is 9.89. The molecule has 2 rings (SSSR count). The first-order chi connectivity index (χ1) is 9.56. The van der Waals surface area contributed by atoms with Crippen LogP contribution in [0.3, 0.4) is 0 Å². The number of aryl methyl sites for hydroxylation is 1. The monoisotopic (exact) mass is 289 g/mol. The quantitative estimate of drug-likeness (QED) is 0.919. The molecule has 0 saturated heterocycles. The number of hydrogen-bond donors (Lipinski definition) is 1. The van der Waals surface area contributed by atoms with Crippen molar-refractivity contribution in [3.63, 3.8) is 0 Å². The highest BCUT2D eigenvalue weighted by Gasteiger charge is 2.15. The zero-order valence-electron chi connectivity index (χ0n) is 12.0. The van der Waals surface area contributed by atoms with Crippen molar-refractivity contribution in [2.24, 2.45) is 0 Å². The van der Waals surface area contributed by atoms with Crippen LogP contribution >= 0.6 is 11.3 Å². The van der Waals surface area contributed by atoms with Crippen LogP contribution in [0.4, 0.5) is 0 Å². The van der Waals surface area contributed by atoms with E-state index in [4.69, 9.17) is 0 Å². The van der Waals surface area contributed by atoms with Crippen molar-refractivity contribution in [2.45, 2.75) is 20.0 Å². The summed E-state index contributed by atoms with van der Waals surface area (Å²) in [5.74, 6) is -0.0474. The van der Waals surface area contributed by atoms with Crippen molar-refractivity contribution in [1.82, 2.24) is 15.2 Å². The highest BCUT2D eigenvalue weighted by Crippen LogP contribution is 2.19. The molecule has 1 N–H and O–H groups in total. The summed E-state index contributed by atoms with van der Waals surface area (Å²) in [4.78, 5) is 19.4. The molecule has 4 nitrogen and oxygen atoms in total. The minimum atomic E-state index is -0.0474. The molecule has 2 aromatic rings. The molecule has 0 bridgehead atoms. The number of carbonyl (C=O) groups is 1. The van der Waals surface area contributed by atoms with Crippen molar-refractivity contribution in [3.8, 4) is 0 Å². The molecule has 106 valence electrons. The second-order valence-electron chi connectivity index (χ2n) is 4.93. The molecule has 0 aliphatic rings. The molecule has 1 aromatic heterocycles. The van der Waals surface area contributed by atoms with Gasteiger partial charge in [-0.3, -0.25) is 4.79 Å². The maximum Gasteiger partial charge on any atom is 0.263 e. The average molecular weight is 289 g/mol. The molecule has 1 heterocycles. The smallest absolute Gasteiger partial charge is 0.263 e. The zero-order chi connectivity index (χ0) is 14.5. The molecule has 1 amide bonds. The van der Waals surface area contributed by atoms with E-state index in [1.165, 1.54) is 11.3 Å². The van der Waals surface area contributed by atoms with E-state index >= 15 is 0 Å². The fraction of sp³-hybridized carbons (Fsp3) is 0.333. The number of hydrogen-bond acceptors (Lipinski definition) is 4. The van der Waals surface area contributed by atoms with Crippen LogP contribution < -0.4 is 5.32 Å². The maximum absolute atomic E-state index is 12.2. The highest BCUT2D eigenvalue weighted by molar-refractivity contribution is 7.13. The van der Waals surface area contributed by atoms with Gasteiger partial charge in [-0.15, -0.1) is 11.3 Å². The number of nitrogens with one attached hydrogen (secondary N) is 1. The minimum absolute atomic E-state index is 0.0474. The first-order valence-electron chi connectivity index (χ1n) is 6.49. The van der Waals surface area contributed by atoms with Crippen LogP contribution in [0.2, 0.25) is 0 Å². The number of amides is 1. The third kappa shape index (κ3) is 3.88. The van der Waals surface area contributed by atoms with E-state index in [0.29, 0.717) is 11.4 Å². The van der Waals surface area contributed by atoms with E-state index in [-0.39, 0.29) is 5.91 Å². The number of thiazole rings is 1. The van der Waals surface area contributed by atoms with Crippen LogP contribution in [0.5, 0.6) is 0 Å². The van der Waals surface area contributed by atoms with Crippen LogP contribution in [0.25, 0.3) is 0 Å². The molecule has 0 aliphatic heterocycles. The fourth-order valence-electron chi connectivity index (χ4n) is 1.86. The number of nitrogens with zero attached hydrogens (tertiary/aromatic N) is 2. The molecule has 20 heavy (non-hydrogen) atoms. The van der Waals surface area contributed by atoms with Gasteiger partial charge in [-0.05, 0) is 26.6 Å². The Kier molecular flexibility index (Phi) is 4.87. The molecule has 0 aliphatic carbocycles. The lowest BCUT2D eigenvalue weighted by molar-refractivity contribution is 0.0954. The topological polar surface area (TPSA) is 45.2 Å². The normalized spacial score (nSPS) is 10.8. The Hall–Kier alpha value is -1.72. The summed E-state index contributed by atoms with van der Waals surface area (Å²) in [5, 5.41) is 3.91. The van der Waals surface area contributed by atoms with Gasteiger partial charge in [0, 0.05) is 13.1 Å². The predicted octanol–water partition coefficient (Wildman–Crippen LogP) is 2.44. The van der Waals surface area contributed by atoms with Gasteiger partial charge >= 0.3 is 0 Å². The van der Waals surface area contributed by atoms with Crippen molar-refractivity contribution in [2.75, 3.05) is 14.1 Å². The highest BCUT2D eigenvalue weighted by atomic mass is 32.1. The Morgan fingerprint density at radius 2 is 2.00 bits per heavy atom. The van der Waals surface area contributed by atoms with E-state index in [2.05, 4.69) is 10.3 Å². The van der Waals surface area contributed by atoms with E-state index in [1.807, 2.05) is 56.3 Å². The van der Waals surface area contributed by atoms with Crippen molar-refractivity contribution < 1.29 is 4.79 Å². The molecular formula is C15H19N3OS. The van der Waals surface area contributed by atoms with Crippen LogP contribution in [0.1, 0.15) is 25.9 Å². The second kappa shape index (κ2) is 6.63. The number of carbonyl (C=O) groups excluding carboxylic acids is 1. The molecule has 0 fully saturated rings. The van der Waals surface area contributed by atoms with E-state index < -0.39 is 0 Å². The largest absolute Gasteiger partial charge is 0.347 e. The Morgan fingerprint density at radius 3 is 2.65 bits per heavy atom. The van der Waals surface area contributed by atoms with Gasteiger partial charge < -0.3 is 10.2 Å². The summed E-state index contributed by atoms with van der Waals surface area (Å²) in [6.07, 6.45) is 0. The van der Waals surface area contributed by atoms with E-state index in [0.717, 1.165) is 22.8 Å². The predicted molar refractivity (Wildman–Crippen MR) is 81.9 cm³/mol. The first-order valence-corrected chi connectivity index (χ1v) is 7.31. The molecular weight excluding hydrogens is 270 g/mol. The third-order valence-corrected chi connectivity index (χ3v) is 3.94. The van der Waals surface area contributed by atoms with Crippen molar-refractivity contribution in [1.29, 1.82) is 0 Å². The van der Waals surface area contributed by atoms with Gasteiger partial charge in [-0.2, -0.15) is 0 Å². The van der Waals surface area contributed by atoms with Crippen LogP contribution in [-0.2, 0) is 13.1 Å². The third-order valence-electron chi connectivity index (χ3n) is 2.79. The number of aromatic nitrogens is 1. The molecule has 5 heteroatoms. The molecule has 0 radical (unpaired) electrons. The SMILES string of the molecule is Cc1nc(CN(C)C)sc1C(=O)NCc1ccccc1. The van der Waals surface area contributed by atoms with Crippen LogP contribution in [0.15, 0.2) is 30.3 Å². The maximum atomic E-state index is 12.2. The van der Waals surface area contributed by atoms with Gasteiger partial charge in [0.2, 0.25) is 0 Å². The lowest BCUT2D eigenvalue weighted by atomic mass is 10.2. The Bertz CT molecular complexity index is 578. The van der Waals surface area contributed by atoms with Crippen LogP contribution in [0, 0.1) is 6.92 Å². The minimum Gasteiger partial charge on any atom is -0.347 e. The molecule has 0 spiro atoms.